The van der Waals surface area contributed by atoms with Gasteiger partial charge in [-0.05, 0) is 62.1 Å². The second-order valence-electron chi connectivity index (χ2n) is 8.78. The lowest BCUT2D eigenvalue weighted by atomic mass is 9.99. The van der Waals surface area contributed by atoms with Crippen LogP contribution in [0.2, 0.25) is 10.0 Å². The Balaban J connectivity index is 1.40. The van der Waals surface area contributed by atoms with E-state index < -0.39 is 26.0 Å². The number of piperidine rings is 1. The van der Waals surface area contributed by atoms with Gasteiger partial charge in [0, 0.05) is 47.5 Å². The first kappa shape index (κ1) is 26.4. The quantitative estimate of drug-likeness (QED) is 0.552. The van der Waals surface area contributed by atoms with E-state index in [4.69, 9.17) is 23.2 Å². The van der Waals surface area contributed by atoms with Crippen LogP contribution in [0.25, 0.3) is 0 Å². The number of hydrogen-bond acceptors (Lipinski definition) is 5. The fourth-order valence-corrected chi connectivity index (χ4v) is 8.26. The van der Waals surface area contributed by atoms with Crippen molar-refractivity contribution in [2.24, 2.45) is 5.92 Å². The van der Waals surface area contributed by atoms with E-state index in [-0.39, 0.29) is 33.1 Å². The Kier molecular flexibility index (Phi) is 8.09. The molecule has 2 aliphatic heterocycles. The number of carbonyl (C=O) groups is 1. The van der Waals surface area contributed by atoms with Crippen molar-refractivity contribution in [1.29, 1.82) is 0 Å². The minimum atomic E-state index is -3.74. The van der Waals surface area contributed by atoms with Crippen LogP contribution >= 0.6 is 23.2 Å². The van der Waals surface area contributed by atoms with Crippen molar-refractivity contribution in [3.05, 3.63) is 58.1 Å². The molecule has 8 nitrogen and oxygen atoms in total. The van der Waals surface area contributed by atoms with Crippen LogP contribution in [0.3, 0.4) is 0 Å². The molecule has 1 amide bonds. The Hall–Kier alpha value is -1.69. The third kappa shape index (κ3) is 6.00. The summed E-state index contributed by atoms with van der Waals surface area (Å²) in [6.45, 7) is 1.41. The Morgan fingerprint density at radius 3 is 2.11 bits per heavy atom. The Labute approximate surface area is 216 Å². The molecule has 0 bridgehead atoms. The number of benzene rings is 2. The number of halogens is 2. The van der Waals surface area contributed by atoms with Gasteiger partial charge in [0.25, 0.3) is 0 Å². The molecule has 1 atom stereocenters. The number of anilines is 1. The summed E-state index contributed by atoms with van der Waals surface area (Å²) in [7, 11) is -7.27. The van der Waals surface area contributed by atoms with Crippen LogP contribution in [0, 0.1) is 5.92 Å². The van der Waals surface area contributed by atoms with Crippen molar-refractivity contribution in [1.82, 2.24) is 8.61 Å². The standard InChI is InChI=1S/C23H27Cl2N3O5S2/c24-21-6-3-7-22(25)20(21)16-34(30,31)28-14-4-5-17(15-28)23(29)26-18-8-10-19(11-9-18)35(32,33)27-12-1-2-13-27/h3,6-11,17H,1-2,4-5,12-16H2,(H,26,29)/t17-/m0/s1. The fraction of sp³-hybridized carbons (Fsp3) is 0.435. The molecule has 0 radical (unpaired) electrons. The average molecular weight is 561 g/mol. The molecule has 2 aromatic carbocycles. The van der Waals surface area contributed by atoms with Gasteiger partial charge in [0.15, 0.2) is 0 Å². The summed E-state index contributed by atoms with van der Waals surface area (Å²) in [5, 5.41) is 3.35. The van der Waals surface area contributed by atoms with Gasteiger partial charge in [-0.25, -0.2) is 21.1 Å². The zero-order chi connectivity index (χ0) is 25.2. The van der Waals surface area contributed by atoms with Gasteiger partial charge in [0.05, 0.1) is 16.6 Å². The van der Waals surface area contributed by atoms with Crippen molar-refractivity contribution in [2.75, 3.05) is 31.5 Å². The second kappa shape index (κ2) is 10.7. The largest absolute Gasteiger partial charge is 0.326 e. The van der Waals surface area contributed by atoms with Crippen molar-refractivity contribution in [2.45, 2.75) is 36.3 Å². The maximum Gasteiger partial charge on any atom is 0.243 e. The van der Waals surface area contributed by atoms with Gasteiger partial charge >= 0.3 is 0 Å². The number of sulfonamides is 2. The zero-order valence-electron chi connectivity index (χ0n) is 19.0. The van der Waals surface area contributed by atoms with E-state index in [1.807, 2.05) is 0 Å². The van der Waals surface area contributed by atoms with Crippen LogP contribution < -0.4 is 5.32 Å². The summed E-state index contributed by atoms with van der Waals surface area (Å²) < 4.78 is 54.2. The van der Waals surface area contributed by atoms with E-state index >= 15 is 0 Å². The minimum Gasteiger partial charge on any atom is -0.326 e. The topological polar surface area (TPSA) is 104 Å². The van der Waals surface area contributed by atoms with Crippen LogP contribution in [0.1, 0.15) is 31.2 Å². The van der Waals surface area contributed by atoms with Crippen molar-refractivity contribution >= 4 is 54.8 Å². The first-order chi connectivity index (χ1) is 16.6. The molecule has 0 aliphatic carbocycles. The van der Waals surface area contributed by atoms with Crippen molar-refractivity contribution in [3.8, 4) is 0 Å². The number of carbonyl (C=O) groups excluding carboxylic acids is 1. The Bertz CT molecular complexity index is 1270. The van der Waals surface area contributed by atoms with Gasteiger partial charge in [-0.2, -0.15) is 4.31 Å². The van der Waals surface area contributed by atoms with Crippen LogP contribution in [-0.2, 0) is 30.6 Å². The van der Waals surface area contributed by atoms with E-state index in [2.05, 4.69) is 5.32 Å². The molecule has 190 valence electrons. The average Bonchev–Trinajstić information content (AvgIpc) is 3.38. The number of hydrogen-bond donors (Lipinski definition) is 1. The number of nitrogens with one attached hydrogen (secondary N) is 1. The van der Waals surface area contributed by atoms with Gasteiger partial charge in [-0.1, -0.05) is 29.3 Å². The highest BCUT2D eigenvalue weighted by Gasteiger charge is 2.33. The molecule has 12 heteroatoms. The highest BCUT2D eigenvalue weighted by molar-refractivity contribution is 7.89. The molecular formula is C23H27Cl2N3O5S2. The predicted octanol–water partition coefficient (Wildman–Crippen LogP) is 3.96. The van der Waals surface area contributed by atoms with Crippen LogP contribution in [0.5, 0.6) is 0 Å². The molecule has 2 heterocycles. The monoisotopic (exact) mass is 559 g/mol. The summed E-state index contributed by atoms with van der Waals surface area (Å²) in [4.78, 5) is 13.1. The molecule has 0 saturated carbocycles. The lowest BCUT2D eigenvalue weighted by molar-refractivity contribution is -0.120. The molecular weight excluding hydrogens is 533 g/mol. The lowest BCUT2D eigenvalue weighted by Gasteiger charge is -2.31. The SMILES string of the molecule is O=C(Nc1ccc(S(=O)(=O)N2CCCC2)cc1)[C@H]1CCCN(S(=O)(=O)Cc2c(Cl)cccc2Cl)C1. The third-order valence-electron chi connectivity index (χ3n) is 6.36. The number of nitrogens with zero attached hydrogens (tertiary/aromatic N) is 2. The Morgan fingerprint density at radius 1 is 0.886 bits per heavy atom. The normalized spacial score (nSPS) is 20.1. The summed E-state index contributed by atoms with van der Waals surface area (Å²) in [5.41, 5.74) is 0.796. The van der Waals surface area contributed by atoms with Crippen LogP contribution in [-0.4, -0.2) is 57.5 Å². The van der Waals surface area contributed by atoms with Gasteiger partial charge in [-0.15, -0.1) is 0 Å². The van der Waals surface area contributed by atoms with Gasteiger partial charge < -0.3 is 5.32 Å². The Morgan fingerprint density at radius 2 is 1.49 bits per heavy atom. The predicted molar refractivity (Wildman–Crippen MR) is 136 cm³/mol. The van der Waals surface area contributed by atoms with E-state index in [9.17, 15) is 21.6 Å². The molecule has 4 rings (SSSR count). The lowest BCUT2D eigenvalue weighted by Crippen LogP contribution is -2.44. The van der Waals surface area contributed by atoms with Gasteiger partial charge in [0.1, 0.15) is 0 Å². The first-order valence-corrected chi connectivity index (χ1v) is 15.2. The maximum absolute atomic E-state index is 13.0. The molecule has 35 heavy (non-hydrogen) atoms. The first-order valence-electron chi connectivity index (χ1n) is 11.4. The van der Waals surface area contributed by atoms with Crippen molar-refractivity contribution < 1.29 is 21.6 Å². The molecule has 0 aromatic heterocycles. The fourth-order valence-electron chi connectivity index (χ4n) is 4.39. The molecule has 2 aliphatic rings. The zero-order valence-corrected chi connectivity index (χ0v) is 22.1. The van der Waals surface area contributed by atoms with Crippen LogP contribution in [0.15, 0.2) is 47.4 Å². The second-order valence-corrected chi connectivity index (χ2v) is 13.5. The molecule has 0 unspecified atom stereocenters. The summed E-state index contributed by atoms with van der Waals surface area (Å²) in [6.07, 6.45) is 2.80. The molecule has 1 N–H and O–H groups in total. The highest BCUT2D eigenvalue weighted by atomic mass is 35.5. The smallest absolute Gasteiger partial charge is 0.243 e. The number of amides is 1. The molecule has 0 spiro atoms. The summed E-state index contributed by atoms with van der Waals surface area (Å²) >= 11 is 12.3. The van der Waals surface area contributed by atoms with Crippen LogP contribution in [0.4, 0.5) is 5.69 Å². The summed E-state index contributed by atoms with van der Waals surface area (Å²) in [6, 6.07) is 10.9. The molecule has 2 aromatic rings. The van der Waals surface area contributed by atoms with Crippen molar-refractivity contribution in [3.63, 3.8) is 0 Å². The maximum atomic E-state index is 13.0. The van der Waals surface area contributed by atoms with E-state index in [1.165, 1.54) is 20.7 Å². The van der Waals surface area contributed by atoms with E-state index in [0.717, 1.165) is 12.8 Å². The van der Waals surface area contributed by atoms with Gasteiger partial charge in [0.2, 0.25) is 26.0 Å². The van der Waals surface area contributed by atoms with E-state index in [1.54, 1.807) is 30.3 Å². The number of rotatable bonds is 7. The van der Waals surface area contributed by atoms with E-state index in [0.29, 0.717) is 43.7 Å². The molecule has 2 saturated heterocycles. The molecule has 2 fully saturated rings. The highest BCUT2D eigenvalue weighted by Crippen LogP contribution is 2.29. The summed E-state index contributed by atoms with van der Waals surface area (Å²) in [5.74, 6) is -1.18. The van der Waals surface area contributed by atoms with Gasteiger partial charge in [-0.3, -0.25) is 4.79 Å². The third-order valence-corrected chi connectivity index (χ3v) is 10.8. The minimum absolute atomic E-state index is 0.0532.